The van der Waals surface area contributed by atoms with Gasteiger partial charge < -0.3 is 10.1 Å². The van der Waals surface area contributed by atoms with E-state index in [-0.39, 0.29) is 28.4 Å². The standard InChI is InChI=1S/C19H22BrN3O3S/c1-19(2)9-13(7-8-26-19)23-17-15(18(25)22-23)16(27-10-14(24)21-17)11-3-5-12(20)6-4-11/h3-6,13,16H,7-10H2,1-2H3,(H,21,24)(H,22,25)/t13-,16-/m1/s1. The Balaban J connectivity index is 1.80. The average Bonchev–Trinajstić information content (AvgIpc) is 2.81. The maximum atomic E-state index is 12.9. The zero-order valence-electron chi connectivity index (χ0n) is 15.3. The fraction of sp³-hybridized carbons (Fsp3) is 0.474. The second-order valence-electron chi connectivity index (χ2n) is 7.62. The number of carbonyl (C=O) groups excluding carboxylic acids is 1. The summed E-state index contributed by atoms with van der Waals surface area (Å²) in [6.45, 7) is 4.74. The van der Waals surface area contributed by atoms with Crippen LogP contribution in [0.4, 0.5) is 5.82 Å². The van der Waals surface area contributed by atoms with Gasteiger partial charge in [0.05, 0.1) is 28.2 Å². The van der Waals surface area contributed by atoms with Gasteiger partial charge in [-0.1, -0.05) is 28.1 Å². The molecule has 27 heavy (non-hydrogen) atoms. The van der Waals surface area contributed by atoms with Crippen LogP contribution in [0.15, 0.2) is 33.5 Å². The molecule has 1 aromatic carbocycles. The number of hydrogen-bond acceptors (Lipinski definition) is 4. The summed E-state index contributed by atoms with van der Waals surface area (Å²) in [6.07, 6.45) is 1.57. The van der Waals surface area contributed by atoms with Crippen LogP contribution in [-0.2, 0) is 9.53 Å². The zero-order chi connectivity index (χ0) is 19.2. The van der Waals surface area contributed by atoms with Crippen LogP contribution in [0.5, 0.6) is 0 Å². The molecule has 6 nitrogen and oxygen atoms in total. The molecule has 0 bridgehead atoms. The predicted molar refractivity (Wildman–Crippen MR) is 110 cm³/mol. The van der Waals surface area contributed by atoms with Crippen LogP contribution < -0.4 is 10.9 Å². The molecule has 1 fully saturated rings. The molecule has 0 unspecified atom stereocenters. The van der Waals surface area contributed by atoms with E-state index in [1.54, 1.807) is 0 Å². The first kappa shape index (κ1) is 18.8. The maximum Gasteiger partial charge on any atom is 0.270 e. The van der Waals surface area contributed by atoms with Gasteiger partial charge in [0, 0.05) is 11.1 Å². The quantitative estimate of drug-likeness (QED) is 0.726. The van der Waals surface area contributed by atoms with E-state index in [4.69, 9.17) is 4.74 Å². The average molecular weight is 452 g/mol. The number of fused-ring (bicyclic) bond motifs is 1. The molecule has 0 aliphatic carbocycles. The Morgan fingerprint density at radius 3 is 2.70 bits per heavy atom. The number of aromatic nitrogens is 2. The van der Waals surface area contributed by atoms with Crippen molar-refractivity contribution >= 4 is 39.4 Å². The molecule has 4 rings (SSSR count). The molecule has 0 saturated carbocycles. The number of nitrogens with one attached hydrogen (secondary N) is 2. The third-order valence-corrected chi connectivity index (χ3v) is 6.87. The lowest BCUT2D eigenvalue weighted by atomic mass is 9.94. The molecular weight excluding hydrogens is 430 g/mol. The topological polar surface area (TPSA) is 76.1 Å². The van der Waals surface area contributed by atoms with Gasteiger partial charge in [0.25, 0.3) is 5.56 Å². The molecule has 2 aromatic rings. The summed E-state index contributed by atoms with van der Waals surface area (Å²) in [5, 5.41) is 5.77. The number of ether oxygens (including phenoxy) is 1. The minimum atomic E-state index is -0.258. The molecule has 1 aromatic heterocycles. The largest absolute Gasteiger partial charge is 0.375 e. The SMILES string of the molecule is CC1(C)C[C@H](n2[nH]c(=O)c3c2NC(=O)CS[C@@H]3c2ccc(Br)cc2)CCO1. The highest BCUT2D eigenvalue weighted by Crippen LogP contribution is 2.42. The number of carbonyl (C=O) groups is 1. The smallest absolute Gasteiger partial charge is 0.270 e. The van der Waals surface area contributed by atoms with E-state index < -0.39 is 0 Å². The van der Waals surface area contributed by atoms with E-state index in [9.17, 15) is 9.59 Å². The molecule has 0 radical (unpaired) electrons. The summed E-state index contributed by atoms with van der Waals surface area (Å²) in [7, 11) is 0. The van der Waals surface area contributed by atoms with E-state index >= 15 is 0 Å². The second kappa shape index (κ2) is 7.14. The van der Waals surface area contributed by atoms with E-state index in [0.717, 1.165) is 22.9 Å². The molecule has 8 heteroatoms. The summed E-state index contributed by atoms with van der Waals surface area (Å²) in [5.74, 6) is 0.833. The lowest BCUT2D eigenvalue weighted by Crippen LogP contribution is -2.36. The summed E-state index contributed by atoms with van der Waals surface area (Å²) >= 11 is 4.93. The van der Waals surface area contributed by atoms with Gasteiger partial charge in [-0.15, -0.1) is 11.8 Å². The molecule has 3 heterocycles. The fourth-order valence-electron chi connectivity index (χ4n) is 3.84. The maximum absolute atomic E-state index is 12.9. The van der Waals surface area contributed by atoms with Crippen molar-refractivity contribution in [3.63, 3.8) is 0 Å². The first-order valence-corrected chi connectivity index (χ1v) is 10.8. The normalized spacial score (nSPS) is 24.8. The van der Waals surface area contributed by atoms with Gasteiger partial charge in [-0.25, -0.2) is 0 Å². The predicted octanol–water partition coefficient (Wildman–Crippen LogP) is 3.84. The van der Waals surface area contributed by atoms with Gasteiger partial charge in [-0.2, -0.15) is 0 Å². The van der Waals surface area contributed by atoms with Crippen molar-refractivity contribution in [3.05, 3.63) is 50.2 Å². The highest BCUT2D eigenvalue weighted by Gasteiger charge is 2.35. The second-order valence-corrected chi connectivity index (χ2v) is 9.63. The molecule has 144 valence electrons. The Kier molecular flexibility index (Phi) is 4.98. The third kappa shape index (κ3) is 3.75. The van der Waals surface area contributed by atoms with Crippen molar-refractivity contribution in [1.29, 1.82) is 0 Å². The van der Waals surface area contributed by atoms with Crippen LogP contribution in [0, 0.1) is 0 Å². The number of hydrogen-bond donors (Lipinski definition) is 2. The van der Waals surface area contributed by atoms with E-state index in [1.165, 1.54) is 11.8 Å². The van der Waals surface area contributed by atoms with Crippen molar-refractivity contribution in [2.45, 2.75) is 43.6 Å². The lowest BCUT2D eigenvalue weighted by Gasteiger charge is -2.36. The van der Waals surface area contributed by atoms with Gasteiger partial charge >= 0.3 is 0 Å². The summed E-state index contributed by atoms with van der Waals surface area (Å²) in [4.78, 5) is 25.3. The van der Waals surface area contributed by atoms with Crippen LogP contribution in [0.3, 0.4) is 0 Å². The highest BCUT2D eigenvalue weighted by atomic mass is 79.9. The Morgan fingerprint density at radius 1 is 1.26 bits per heavy atom. The van der Waals surface area contributed by atoms with Crippen molar-refractivity contribution in [2.24, 2.45) is 0 Å². The number of nitrogens with zero attached hydrogens (tertiary/aromatic N) is 1. The Hall–Kier alpha value is -1.51. The molecule has 2 N–H and O–H groups in total. The zero-order valence-corrected chi connectivity index (χ0v) is 17.7. The van der Waals surface area contributed by atoms with Gasteiger partial charge in [0.15, 0.2) is 0 Å². The van der Waals surface area contributed by atoms with Gasteiger partial charge in [-0.3, -0.25) is 19.4 Å². The van der Waals surface area contributed by atoms with Gasteiger partial charge in [0.1, 0.15) is 5.82 Å². The van der Waals surface area contributed by atoms with Gasteiger partial charge in [0.2, 0.25) is 5.91 Å². The molecule has 2 aliphatic rings. The number of amides is 1. The Morgan fingerprint density at radius 2 is 2.00 bits per heavy atom. The number of benzene rings is 1. The Bertz CT molecular complexity index is 919. The molecule has 1 amide bonds. The van der Waals surface area contributed by atoms with Crippen molar-refractivity contribution in [2.75, 3.05) is 17.7 Å². The molecule has 0 spiro atoms. The minimum Gasteiger partial charge on any atom is -0.375 e. The van der Waals surface area contributed by atoms with E-state index in [1.807, 2.05) is 28.9 Å². The number of H-pyrrole nitrogens is 1. The van der Waals surface area contributed by atoms with Crippen LogP contribution in [0.25, 0.3) is 0 Å². The number of halogens is 1. The summed E-state index contributed by atoms with van der Waals surface area (Å²) in [6, 6.07) is 7.99. The molecule has 2 aliphatic heterocycles. The summed E-state index contributed by atoms with van der Waals surface area (Å²) in [5.41, 5.74) is 1.23. The molecule has 1 saturated heterocycles. The highest BCUT2D eigenvalue weighted by molar-refractivity contribution is 9.10. The van der Waals surface area contributed by atoms with Crippen molar-refractivity contribution in [3.8, 4) is 0 Å². The Labute approximate surface area is 170 Å². The molecular formula is C19H22BrN3O3S. The third-order valence-electron chi connectivity index (χ3n) is 5.07. The number of thioether (sulfide) groups is 1. The van der Waals surface area contributed by atoms with Crippen LogP contribution in [0.2, 0.25) is 0 Å². The summed E-state index contributed by atoms with van der Waals surface area (Å²) < 4.78 is 8.65. The minimum absolute atomic E-state index is 0.0826. The number of rotatable bonds is 2. The van der Waals surface area contributed by atoms with Crippen LogP contribution in [-0.4, -0.2) is 33.6 Å². The van der Waals surface area contributed by atoms with Crippen molar-refractivity contribution in [1.82, 2.24) is 9.78 Å². The van der Waals surface area contributed by atoms with Crippen molar-refractivity contribution < 1.29 is 9.53 Å². The molecule has 2 atom stereocenters. The van der Waals surface area contributed by atoms with E-state index in [0.29, 0.717) is 23.7 Å². The lowest BCUT2D eigenvalue weighted by molar-refractivity contribution is -0.113. The van der Waals surface area contributed by atoms with Crippen LogP contribution in [0.1, 0.15) is 49.1 Å². The first-order chi connectivity index (χ1) is 12.8. The van der Waals surface area contributed by atoms with Gasteiger partial charge in [-0.05, 0) is 44.4 Å². The fourth-order valence-corrected chi connectivity index (χ4v) is 5.23. The van der Waals surface area contributed by atoms with Crippen LogP contribution >= 0.6 is 27.7 Å². The first-order valence-electron chi connectivity index (χ1n) is 8.99. The number of aromatic amines is 1. The number of anilines is 1. The monoisotopic (exact) mass is 451 g/mol. The van der Waals surface area contributed by atoms with E-state index in [2.05, 4.69) is 40.2 Å².